The van der Waals surface area contributed by atoms with Gasteiger partial charge in [-0.2, -0.15) is 5.10 Å². The third-order valence-electron chi connectivity index (χ3n) is 3.81. The second-order valence-electron chi connectivity index (χ2n) is 5.12. The third-order valence-corrected chi connectivity index (χ3v) is 4.30. The highest BCUT2D eigenvalue weighted by molar-refractivity contribution is 6.31. The van der Waals surface area contributed by atoms with Crippen molar-refractivity contribution < 1.29 is 0 Å². The highest BCUT2D eigenvalue weighted by Crippen LogP contribution is 2.24. The molecule has 21 heavy (non-hydrogen) atoms. The second-order valence-corrected chi connectivity index (χ2v) is 5.50. The molecule has 0 spiro atoms. The number of benzene rings is 1. The summed E-state index contributed by atoms with van der Waals surface area (Å²) in [5, 5.41) is 5.26. The van der Waals surface area contributed by atoms with Gasteiger partial charge in [-0.25, -0.2) is 4.98 Å². The number of imidazole rings is 1. The molecule has 0 aliphatic heterocycles. The van der Waals surface area contributed by atoms with Crippen molar-refractivity contribution in [2.24, 2.45) is 0 Å². The van der Waals surface area contributed by atoms with Crippen molar-refractivity contribution in [2.45, 2.75) is 40.3 Å². The van der Waals surface area contributed by atoms with Crippen molar-refractivity contribution in [2.75, 3.05) is 0 Å². The number of halogens is 1. The Kier molecular flexibility index (Phi) is 3.72. The van der Waals surface area contributed by atoms with Crippen molar-refractivity contribution in [3.05, 3.63) is 46.5 Å². The highest BCUT2D eigenvalue weighted by Gasteiger charge is 2.16. The molecule has 4 nitrogen and oxygen atoms in total. The number of para-hydroxylation sites is 2. The predicted molar refractivity (Wildman–Crippen MR) is 85.9 cm³/mol. The number of aromatic nitrogens is 4. The molecule has 0 saturated carbocycles. The van der Waals surface area contributed by atoms with Crippen LogP contribution in [0.1, 0.15) is 31.1 Å². The standard InChI is InChI=1S/C16H19ClN4/c1-4-15-18-12-8-6-7-9-13(12)20(15)10-14-16(17)11(3)19-21(14)5-2/h6-9H,4-5,10H2,1-3H3. The topological polar surface area (TPSA) is 35.6 Å². The van der Waals surface area contributed by atoms with Crippen LogP contribution in [0.25, 0.3) is 11.0 Å². The Morgan fingerprint density at radius 1 is 1.19 bits per heavy atom. The summed E-state index contributed by atoms with van der Waals surface area (Å²) >= 11 is 6.44. The molecule has 2 aromatic heterocycles. The van der Waals surface area contributed by atoms with E-state index >= 15 is 0 Å². The van der Waals surface area contributed by atoms with E-state index in [2.05, 4.69) is 35.6 Å². The van der Waals surface area contributed by atoms with Crippen LogP contribution in [-0.2, 0) is 19.5 Å². The fourth-order valence-electron chi connectivity index (χ4n) is 2.74. The number of hydrogen-bond donors (Lipinski definition) is 0. The van der Waals surface area contributed by atoms with Crippen LogP contribution >= 0.6 is 11.6 Å². The Morgan fingerprint density at radius 2 is 1.95 bits per heavy atom. The summed E-state index contributed by atoms with van der Waals surface area (Å²) in [5.74, 6) is 1.08. The smallest absolute Gasteiger partial charge is 0.109 e. The Balaban J connectivity index is 2.14. The van der Waals surface area contributed by atoms with Gasteiger partial charge in [0.25, 0.3) is 0 Å². The van der Waals surface area contributed by atoms with E-state index in [9.17, 15) is 0 Å². The zero-order valence-corrected chi connectivity index (χ0v) is 13.4. The predicted octanol–water partition coefficient (Wildman–Crippen LogP) is 3.83. The lowest BCUT2D eigenvalue weighted by Crippen LogP contribution is -2.10. The summed E-state index contributed by atoms with van der Waals surface area (Å²) < 4.78 is 4.22. The maximum absolute atomic E-state index is 6.44. The van der Waals surface area contributed by atoms with E-state index in [1.165, 1.54) is 0 Å². The molecule has 3 rings (SSSR count). The van der Waals surface area contributed by atoms with Crippen molar-refractivity contribution in [1.82, 2.24) is 19.3 Å². The first-order valence-electron chi connectivity index (χ1n) is 7.31. The molecule has 0 bridgehead atoms. The van der Waals surface area contributed by atoms with Gasteiger partial charge in [-0.1, -0.05) is 30.7 Å². The molecular weight excluding hydrogens is 284 g/mol. The lowest BCUT2D eigenvalue weighted by Gasteiger charge is -2.10. The molecule has 0 aliphatic carbocycles. The molecule has 3 aromatic rings. The van der Waals surface area contributed by atoms with Gasteiger partial charge in [0.2, 0.25) is 0 Å². The van der Waals surface area contributed by atoms with Crippen molar-refractivity contribution in [3.63, 3.8) is 0 Å². The van der Waals surface area contributed by atoms with Crippen molar-refractivity contribution >= 4 is 22.6 Å². The molecule has 0 radical (unpaired) electrons. The van der Waals surface area contributed by atoms with Crippen LogP contribution in [0.4, 0.5) is 0 Å². The third kappa shape index (κ3) is 2.33. The summed E-state index contributed by atoms with van der Waals surface area (Å²) in [4.78, 5) is 4.71. The number of nitrogens with zero attached hydrogens (tertiary/aromatic N) is 4. The average Bonchev–Trinajstić information content (AvgIpc) is 2.99. The lowest BCUT2D eigenvalue weighted by molar-refractivity contribution is 0.594. The lowest BCUT2D eigenvalue weighted by atomic mass is 10.3. The van der Waals surface area contributed by atoms with Gasteiger partial charge in [0.1, 0.15) is 5.82 Å². The van der Waals surface area contributed by atoms with Gasteiger partial charge in [-0.15, -0.1) is 0 Å². The van der Waals surface area contributed by atoms with Crippen LogP contribution < -0.4 is 0 Å². The monoisotopic (exact) mass is 302 g/mol. The first-order chi connectivity index (χ1) is 10.2. The SMILES string of the molecule is CCc1nc2ccccc2n1Cc1c(Cl)c(C)nn1CC. The maximum atomic E-state index is 6.44. The summed E-state index contributed by atoms with van der Waals surface area (Å²) in [6.07, 6.45) is 0.894. The van der Waals surface area contributed by atoms with Gasteiger partial charge in [-0.05, 0) is 26.0 Å². The van der Waals surface area contributed by atoms with Gasteiger partial charge in [0, 0.05) is 13.0 Å². The van der Waals surface area contributed by atoms with Crippen molar-refractivity contribution in [3.8, 4) is 0 Å². The number of rotatable bonds is 4. The minimum Gasteiger partial charge on any atom is -0.322 e. The Morgan fingerprint density at radius 3 is 2.67 bits per heavy atom. The van der Waals surface area contributed by atoms with Gasteiger partial charge >= 0.3 is 0 Å². The largest absolute Gasteiger partial charge is 0.322 e. The van der Waals surface area contributed by atoms with E-state index in [-0.39, 0.29) is 0 Å². The van der Waals surface area contributed by atoms with Crippen LogP contribution in [-0.4, -0.2) is 19.3 Å². The van der Waals surface area contributed by atoms with Gasteiger partial charge < -0.3 is 4.57 Å². The quantitative estimate of drug-likeness (QED) is 0.734. The van der Waals surface area contributed by atoms with E-state index in [1.54, 1.807) is 0 Å². The highest BCUT2D eigenvalue weighted by atomic mass is 35.5. The molecule has 0 unspecified atom stereocenters. The summed E-state index contributed by atoms with van der Waals surface area (Å²) in [6.45, 7) is 7.68. The molecule has 110 valence electrons. The first kappa shape index (κ1) is 14.1. The fourth-order valence-corrected chi connectivity index (χ4v) is 2.94. The number of hydrogen-bond acceptors (Lipinski definition) is 2. The Bertz CT molecular complexity index is 785. The van der Waals surface area contributed by atoms with Gasteiger partial charge in [-0.3, -0.25) is 4.68 Å². The normalized spacial score (nSPS) is 11.4. The van der Waals surface area contributed by atoms with Crippen LogP contribution in [0.5, 0.6) is 0 Å². The summed E-state index contributed by atoms with van der Waals surface area (Å²) in [6, 6.07) is 8.22. The molecule has 0 amide bonds. The molecular formula is C16H19ClN4. The first-order valence-corrected chi connectivity index (χ1v) is 7.69. The molecule has 1 aromatic carbocycles. The molecule has 5 heteroatoms. The van der Waals surface area contributed by atoms with E-state index in [0.717, 1.165) is 46.2 Å². The van der Waals surface area contributed by atoms with Crippen molar-refractivity contribution in [1.29, 1.82) is 0 Å². The van der Waals surface area contributed by atoms with E-state index in [1.807, 2.05) is 23.7 Å². The molecule has 0 aliphatic rings. The average molecular weight is 303 g/mol. The molecule has 2 heterocycles. The van der Waals surface area contributed by atoms with E-state index in [4.69, 9.17) is 16.6 Å². The number of fused-ring (bicyclic) bond motifs is 1. The van der Waals surface area contributed by atoms with Crippen LogP contribution in [0, 0.1) is 6.92 Å². The van der Waals surface area contributed by atoms with Gasteiger partial charge in [0.05, 0.1) is 34.0 Å². The maximum Gasteiger partial charge on any atom is 0.109 e. The van der Waals surface area contributed by atoms with Crippen LogP contribution in [0.2, 0.25) is 5.02 Å². The zero-order chi connectivity index (χ0) is 15.0. The molecule has 0 atom stereocenters. The molecule has 0 saturated heterocycles. The van der Waals surface area contributed by atoms with Crippen LogP contribution in [0.3, 0.4) is 0 Å². The fraction of sp³-hybridized carbons (Fsp3) is 0.375. The number of aryl methyl sites for hydroxylation is 3. The molecule has 0 N–H and O–H groups in total. The summed E-state index contributed by atoms with van der Waals surface area (Å²) in [7, 11) is 0. The Hall–Kier alpha value is -1.81. The van der Waals surface area contributed by atoms with E-state index in [0.29, 0.717) is 6.54 Å². The Labute approximate surface area is 129 Å². The minimum absolute atomic E-state index is 0.706. The molecule has 0 fully saturated rings. The van der Waals surface area contributed by atoms with Crippen LogP contribution in [0.15, 0.2) is 24.3 Å². The van der Waals surface area contributed by atoms with Gasteiger partial charge in [0.15, 0.2) is 0 Å². The second kappa shape index (κ2) is 5.53. The summed E-state index contributed by atoms with van der Waals surface area (Å²) in [5.41, 5.74) is 4.11. The van der Waals surface area contributed by atoms with E-state index < -0.39 is 0 Å². The zero-order valence-electron chi connectivity index (χ0n) is 12.6. The minimum atomic E-state index is 0.706.